The SMILES string of the molecule is CCC(CC)(CC1OC(c2cc3c(C)c(F)c(C)nc3[nH]c2=S)C(O)C1O)OP(=O)(O)C(C)(O)CC. The summed E-state index contributed by atoms with van der Waals surface area (Å²) in [6.45, 7) is 9.53. The molecule has 6 unspecified atom stereocenters. The van der Waals surface area contributed by atoms with Crippen LogP contribution in [0.1, 0.15) is 76.3 Å². The van der Waals surface area contributed by atoms with Gasteiger partial charge < -0.3 is 29.9 Å². The molecule has 1 aliphatic heterocycles. The number of hydrogen-bond acceptors (Lipinski definition) is 8. The van der Waals surface area contributed by atoms with E-state index in [1.165, 1.54) is 6.92 Å². The Morgan fingerprint density at radius 2 is 1.83 bits per heavy atom. The zero-order valence-corrected chi connectivity index (χ0v) is 23.1. The third-order valence-corrected chi connectivity index (χ3v) is 10.0. The Morgan fingerprint density at radius 3 is 2.39 bits per heavy atom. The molecule has 6 atom stereocenters. The minimum Gasteiger partial charge on any atom is -0.388 e. The lowest BCUT2D eigenvalue weighted by Gasteiger charge is -2.39. The minimum atomic E-state index is -4.47. The van der Waals surface area contributed by atoms with Gasteiger partial charge in [0.25, 0.3) is 0 Å². The number of H-pyrrole nitrogens is 1. The Labute approximate surface area is 215 Å². The van der Waals surface area contributed by atoms with Gasteiger partial charge in [-0.15, -0.1) is 0 Å². The maximum atomic E-state index is 14.5. The van der Waals surface area contributed by atoms with E-state index in [2.05, 4.69) is 9.97 Å². The Hall–Kier alpha value is -1.30. The van der Waals surface area contributed by atoms with Crippen LogP contribution in [0.15, 0.2) is 6.07 Å². The second-order valence-corrected chi connectivity index (χ2v) is 12.4. The van der Waals surface area contributed by atoms with Gasteiger partial charge in [0.2, 0.25) is 0 Å². The van der Waals surface area contributed by atoms with Crippen LogP contribution in [0.5, 0.6) is 0 Å². The molecule has 1 fully saturated rings. The Bertz CT molecular complexity index is 1230. The molecule has 0 aromatic carbocycles. The van der Waals surface area contributed by atoms with Crippen LogP contribution in [0.3, 0.4) is 0 Å². The Kier molecular flexibility index (Phi) is 8.50. The van der Waals surface area contributed by atoms with Crippen LogP contribution in [0.4, 0.5) is 4.39 Å². The number of nitrogens with one attached hydrogen (secondary N) is 1. The van der Waals surface area contributed by atoms with Gasteiger partial charge in [-0.05, 0) is 51.7 Å². The van der Waals surface area contributed by atoms with Crippen molar-refractivity contribution in [3.8, 4) is 0 Å². The number of pyridine rings is 2. The zero-order chi connectivity index (χ0) is 27.2. The highest BCUT2D eigenvalue weighted by Gasteiger charge is 2.51. The minimum absolute atomic E-state index is 0.00208. The number of aromatic nitrogens is 2. The number of fused-ring (bicyclic) bond motifs is 1. The van der Waals surface area contributed by atoms with Gasteiger partial charge in [0, 0.05) is 17.4 Å². The number of ether oxygens (including phenoxy) is 1. The van der Waals surface area contributed by atoms with E-state index in [9.17, 15) is 29.2 Å². The highest BCUT2D eigenvalue weighted by atomic mass is 32.1. The van der Waals surface area contributed by atoms with Crippen molar-refractivity contribution in [1.29, 1.82) is 0 Å². The van der Waals surface area contributed by atoms with Crippen molar-refractivity contribution < 1.29 is 38.4 Å². The highest BCUT2D eigenvalue weighted by Crippen LogP contribution is 2.59. The predicted molar refractivity (Wildman–Crippen MR) is 136 cm³/mol. The van der Waals surface area contributed by atoms with Crippen LogP contribution in [0, 0.1) is 24.3 Å². The zero-order valence-electron chi connectivity index (χ0n) is 21.4. The van der Waals surface area contributed by atoms with Gasteiger partial charge in [0.05, 0.1) is 17.4 Å². The second kappa shape index (κ2) is 10.5. The van der Waals surface area contributed by atoms with Crippen LogP contribution in [-0.2, 0) is 13.8 Å². The highest BCUT2D eigenvalue weighted by molar-refractivity contribution is 7.71. The first-order valence-electron chi connectivity index (χ1n) is 12.1. The van der Waals surface area contributed by atoms with Crippen LogP contribution in [0.2, 0.25) is 0 Å². The summed E-state index contributed by atoms with van der Waals surface area (Å²) in [5, 5.41) is 30.7. The summed E-state index contributed by atoms with van der Waals surface area (Å²) in [5.41, 5.74) is 0.138. The summed E-state index contributed by atoms with van der Waals surface area (Å²) in [4.78, 5) is 17.7. The van der Waals surface area contributed by atoms with Gasteiger partial charge in [-0.3, -0.25) is 9.09 Å². The molecule has 2 aromatic heterocycles. The molecular weight excluding hydrogens is 510 g/mol. The monoisotopic (exact) mass is 546 g/mol. The van der Waals surface area contributed by atoms with E-state index in [0.717, 1.165) is 0 Å². The molecule has 2 aromatic rings. The summed E-state index contributed by atoms with van der Waals surface area (Å²) in [5.74, 6) is -0.450. The molecule has 202 valence electrons. The lowest BCUT2D eigenvalue weighted by atomic mass is 9.88. The molecule has 3 heterocycles. The molecule has 0 spiro atoms. The average molecular weight is 547 g/mol. The number of aromatic amines is 1. The number of aliphatic hydroxyl groups excluding tert-OH is 2. The lowest BCUT2D eigenvalue weighted by molar-refractivity contribution is -0.0618. The van der Waals surface area contributed by atoms with Gasteiger partial charge in [-0.2, -0.15) is 0 Å². The van der Waals surface area contributed by atoms with Crippen LogP contribution in [-0.4, -0.2) is 59.4 Å². The fourth-order valence-electron chi connectivity index (χ4n) is 4.53. The van der Waals surface area contributed by atoms with E-state index in [1.54, 1.807) is 40.7 Å². The standard InChI is InChI=1S/C24H36FN2O7PS/c1-7-23(6,30)35(31,32)34-24(8-2,9-3)11-16-18(28)19(29)20(33-16)15-10-14-12(4)17(25)13(5)26-21(14)27-22(15)36/h10,16,18-20,28-30H,7-9,11H2,1-6H3,(H,31,32)(H,26,27,36). The summed E-state index contributed by atoms with van der Waals surface area (Å²) in [6.07, 6.45) is -4.14. The lowest BCUT2D eigenvalue weighted by Crippen LogP contribution is -2.41. The first-order valence-corrected chi connectivity index (χ1v) is 14.1. The molecule has 9 nitrogen and oxygen atoms in total. The topological polar surface area (TPSA) is 145 Å². The maximum Gasteiger partial charge on any atom is 0.359 e. The van der Waals surface area contributed by atoms with Crippen molar-refractivity contribution in [3.05, 3.63) is 33.3 Å². The fraction of sp³-hybridized carbons (Fsp3) is 0.667. The molecule has 3 rings (SSSR count). The first kappa shape index (κ1) is 29.3. The van der Waals surface area contributed by atoms with Gasteiger partial charge in [0.1, 0.15) is 34.4 Å². The summed E-state index contributed by atoms with van der Waals surface area (Å²) in [6, 6.07) is 1.60. The molecule has 1 saturated heterocycles. The Morgan fingerprint density at radius 1 is 1.22 bits per heavy atom. The summed E-state index contributed by atoms with van der Waals surface area (Å²) in [7, 11) is -4.47. The summed E-state index contributed by atoms with van der Waals surface area (Å²) >= 11 is 5.46. The van der Waals surface area contributed by atoms with Crippen molar-refractivity contribution >= 4 is 30.8 Å². The predicted octanol–water partition coefficient (Wildman–Crippen LogP) is 4.48. The molecule has 1 aliphatic rings. The van der Waals surface area contributed by atoms with Crippen molar-refractivity contribution in [3.63, 3.8) is 0 Å². The first-order chi connectivity index (χ1) is 16.6. The van der Waals surface area contributed by atoms with Crippen LogP contribution < -0.4 is 0 Å². The fourth-order valence-corrected chi connectivity index (χ4v) is 6.26. The average Bonchev–Trinajstić information content (AvgIpc) is 3.09. The molecule has 12 heteroatoms. The molecule has 36 heavy (non-hydrogen) atoms. The molecule has 0 aliphatic carbocycles. The number of hydrogen-bond donors (Lipinski definition) is 5. The number of aryl methyl sites for hydroxylation is 2. The van der Waals surface area contributed by atoms with E-state index in [-0.39, 0.29) is 23.2 Å². The molecule has 0 saturated carbocycles. The quantitative estimate of drug-likeness (QED) is 0.227. The van der Waals surface area contributed by atoms with Gasteiger partial charge in [-0.1, -0.05) is 33.0 Å². The third-order valence-electron chi connectivity index (χ3n) is 7.51. The van der Waals surface area contributed by atoms with E-state index in [1.807, 2.05) is 0 Å². The van der Waals surface area contributed by atoms with Gasteiger partial charge >= 0.3 is 7.60 Å². The van der Waals surface area contributed by atoms with Crippen LogP contribution in [0.25, 0.3) is 11.0 Å². The second-order valence-electron chi connectivity index (χ2n) is 9.81. The third kappa shape index (κ3) is 5.17. The number of rotatable bonds is 9. The number of nitrogens with zero attached hydrogens (tertiary/aromatic N) is 1. The van der Waals surface area contributed by atoms with E-state index in [4.69, 9.17) is 21.5 Å². The molecule has 0 radical (unpaired) electrons. The van der Waals surface area contributed by atoms with Gasteiger partial charge in [-0.25, -0.2) is 9.37 Å². The normalized spacial score (nSPS) is 26.2. The maximum absolute atomic E-state index is 14.5. The van der Waals surface area contributed by atoms with E-state index >= 15 is 0 Å². The molecule has 0 bridgehead atoms. The Balaban J connectivity index is 1.95. The van der Waals surface area contributed by atoms with E-state index in [0.29, 0.717) is 35.0 Å². The number of halogens is 1. The molecule has 0 amide bonds. The van der Waals surface area contributed by atoms with Crippen LogP contribution >= 0.6 is 19.8 Å². The smallest absolute Gasteiger partial charge is 0.359 e. The molecular formula is C24H36FN2O7PS. The summed E-state index contributed by atoms with van der Waals surface area (Å²) < 4.78 is 39.4. The number of aliphatic hydroxyl groups is 3. The largest absolute Gasteiger partial charge is 0.388 e. The molecule has 5 N–H and O–H groups in total. The van der Waals surface area contributed by atoms with Crippen molar-refractivity contribution in [2.24, 2.45) is 0 Å². The van der Waals surface area contributed by atoms with Gasteiger partial charge in [0.15, 0.2) is 5.34 Å². The van der Waals surface area contributed by atoms with Crippen molar-refractivity contribution in [2.75, 3.05) is 0 Å². The van der Waals surface area contributed by atoms with Crippen molar-refractivity contribution in [2.45, 2.75) is 103 Å². The van der Waals surface area contributed by atoms with Crippen molar-refractivity contribution in [1.82, 2.24) is 9.97 Å². The van der Waals surface area contributed by atoms with E-state index < -0.39 is 48.8 Å².